The van der Waals surface area contributed by atoms with Crippen LogP contribution < -0.4 is 5.32 Å². The molecule has 2 N–H and O–H groups in total. The van der Waals surface area contributed by atoms with Crippen LogP contribution in [-0.2, 0) is 22.9 Å². The van der Waals surface area contributed by atoms with Gasteiger partial charge in [0.1, 0.15) is 17.7 Å². The first-order valence-electron chi connectivity index (χ1n) is 10.4. The second-order valence-electron chi connectivity index (χ2n) is 8.13. The van der Waals surface area contributed by atoms with Gasteiger partial charge in [-0.1, -0.05) is 42.5 Å². The van der Waals surface area contributed by atoms with Crippen molar-refractivity contribution < 1.29 is 45.0 Å². The SMILES string of the molecule is O=C(N[C@](Cc1ccccc1)(c1ccc(F)cc1)c1cc(F)cc(C(F)(F)F)c1)[C@H](O)CC(F)(F)F. The molecule has 0 saturated heterocycles. The zero-order valence-corrected chi connectivity index (χ0v) is 18.3. The van der Waals surface area contributed by atoms with E-state index in [0.29, 0.717) is 17.7 Å². The molecule has 0 aliphatic heterocycles. The molecule has 2 atom stereocenters. The second kappa shape index (κ2) is 10.3. The molecule has 11 heteroatoms. The molecule has 0 aliphatic rings. The van der Waals surface area contributed by atoms with Gasteiger partial charge in [-0.15, -0.1) is 0 Å². The van der Waals surface area contributed by atoms with E-state index in [2.05, 4.69) is 5.32 Å². The van der Waals surface area contributed by atoms with E-state index in [-0.39, 0.29) is 18.1 Å². The van der Waals surface area contributed by atoms with Gasteiger partial charge in [-0.3, -0.25) is 4.79 Å². The summed E-state index contributed by atoms with van der Waals surface area (Å²) < 4.78 is 107. The molecule has 3 nitrogen and oxygen atoms in total. The van der Waals surface area contributed by atoms with Crippen molar-refractivity contribution in [2.24, 2.45) is 0 Å². The highest BCUT2D eigenvalue weighted by Crippen LogP contribution is 2.38. The van der Waals surface area contributed by atoms with Crippen molar-refractivity contribution in [3.05, 3.63) is 107 Å². The van der Waals surface area contributed by atoms with Gasteiger partial charge in [0.05, 0.1) is 17.5 Å². The molecule has 3 aromatic carbocycles. The molecule has 0 aliphatic carbocycles. The van der Waals surface area contributed by atoms with Crippen LogP contribution in [0.5, 0.6) is 0 Å². The Hall–Kier alpha value is -3.47. The van der Waals surface area contributed by atoms with Crippen LogP contribution in [0.3, 0.4) is 0 Å². The third-order valence-corrected chi connectivity index (χ3v) is 5.43. The minimum atomic E-state index is -5.00. The summed E-state index contributed by atoms with van der Waals surface area (Å²) in [6, 6.07) is 13.3. The average molecular weight is 517 g/mol. The lowest BCUT2D eigenvalue weighted by atomic mass is 9.77. The number of hydrogen-bond donors (Lipinski definition) is 2. The lowest BCUT2D eigenvalue weighted by molar-refractivity contribution is -0.164. The number of benzene rings is 3. The van der Waals surface area contributed by atoms with Gasteiger partial charge in [0, 0.05) is 6.42 Å². The van der Waals surface area contributed by atoms with Crippen LogP contribution >= 0.6 is 0 Å². The number of carbonyl (C=O) groups is 1. The van der Waals surface area contributed by atoms with Gasteiger partial charge in [0.15, 0.2) is 0 Å². The Bertz CT molecular complexity index is 1190. The van der Waals surface area contributed by atoms with Crippen LogP contribution in [0.1, 0.15) is 28.7 Å². The van der Waals surface area contributed by atoms with Crippen molar-refractivity contribution in [3.8, 4) is 0 Å². The Labute approximate surface area is 200 Å². The molecule has 0 aromatic heterocycles. The van der Waals surface area contributed by atoms with Gasteiger partial charge in [-0.2, -0.15) is 26.3 Å². The van der Waals surface area contributed by atoms with Crippen LogP contribution in [0.15, 0.2) is 72.8 Å². The maximum absolute atomic E-state index is 14.5. The molecule has 1 amide bonds. The first-order valence-corrected chi connectivity index (χ1v) is 10.4. The summed E-state index contributed by atoms with van der Waals surface area (Å²) >= 11 is 0. The smallest absolute Gasteiger partial charge is 0.383 e. The fourth-order valence-corrected chi connectivity index (χ4v) is 3.80. The maximum atomic E-state index is 14.5. The van der Waals surface area contributed by atoms with E-state index >= 15 is 0 Å². The Morgan fingerprint density at radius 2 is 1.36 bits per heavy atom. The third kappa shape index (κ3) is 6.60. The summed E-state index contributed by atoms with van der Waals surface area (Å²) in [5.74, 6) is -3.64. The average Bonchev–Trinajstić information content (AvgIpc) is 2.77. The number of amides is 1. The number of aliphatic hydroxyl groups excluding tert-OH is 1. The second-order valence-corrected chi connectivity index (χ2v) is 8.13. The molecule has 0 heterocycles. The highest BCUT2D eigenvalue weighted by molar-refractivity contribution is 5.82. The molecular weight excluding hydrogens is 498 g/mol. The standard InChI is InChI=1S/C25H19F8NO2/c26-19-8-6-16(7-9-19)23(13-15-4-2-1-3-5-15,34-22(36)21(35)14-24(28,29)30)17-10-18(25(31,32)33)12-20(27)11-17/h1-12,21,35H,13-14H2,(H,34,36)/t21-,23-/m1/s1. The maximum Gasteiger partial charge on any atom is 0.416 e. The number of carbonyl (C=O) groups excluding carboxylic acids is 1. The Morgan fingerprint density at radius 1 is 0.778 bits per heavy atom. The number of nitrogens with one attached hydrogen (secondary N) is 1. The van der Waals surface area contributed by atoms with Crippen molar-refractivity contribution in [1.29, 1.82) is 0 Å². The highest BCUT2D eigenvalue weighted by Gasteiger charge is 2.42. The van der Waals surface area contributed by atoms with Crippen LogP contribution in [0.2, 0.25) is 0 Å². The van der Waals surface area contributed by atoms with E-state index in [1.807, 2.05) is 0 Å². The number of halogens is 8. The quantitative estimate of drug-likeness (QED) is 0.384. The predicted octanol–water partition coefficient (Wildman–Crippen LogP) is 5.90. The molecule has 3 aromatic rings. The summed E-state index contributed by atoms with van der Waals surface area (Å²) in [6.45, 7) is 0. The van der Waals surface area contributed by atoms with Crippen LogP contribution in [0.4, 0.5) is 35.1 Å². The zero-order valence-electron chi connectivity index (χ0n) is 18.3. The molecular formula is C25H19F8NO2. The number of hydrogen-bond acceptors (Lipinski definition) is 2. The van der Waals surface area contributed by atoms with Gasteiger partial charge >= 0.3 is 12.4 Å². The van der Waals surface area contributed by atoms with Crippen LogP contribution in [0.25, 0.3) is 0 Å². The van der Waals surface area contributed by atoms with Gasteiger partial charge in [-0.05, 0) is 47.0 Å². The summed E-state index contributed by atoms with van der Waals surface area (Å²) in [6.07, 6.45) is -14.9. The van der Waals surface area contributed by atoms with Gasteiger partial charge in [0.2, 0.25) is 5.91 Å². The predicted molar refractivity (Wildman–Crippen MR) is 114 cm³/mol. The van der Waals surface area contributed by atoms with Gasteiger partial charge in [-0.25, -0.2) is 8.78 Å². The summed E-state index contributed by atoms with van der Waals surface area (Å²) in [5.41, 5.74) is -3.68. The molecule has 0 radical (unpaired) electrons. The first kappa shape index (κ1) is 27.1. The number of rotatable bonds is 7. The molecule has 0 spiro atoms. The Kier molecular flexibility index (Phi) is 7.73. The van der Waals surface area contributed by atoms with Crippen LogP contribution in [-0.4, -0.2) is 23.3 Å². The molecule has 0 fully saturated rings. The van der Waals surface area contributed by atoms with Crippen molar-refractivity contribution in [2.75, 3.05) is 0 Å². The number of alkyl halides is 6. The lowest BCUT2D eigenvalue weighted by Crippen LogP contribution is -2.52. The Morgan fingerprint density at radius 3 is 1.92 bits per heavy atom. The van der Waals surface area contributed by atoms with E-state index in [0.717, 1.165) is 24.3 Å². The highest BCUT2D eigenvalue weighted by atomic mass is 19.4. The molecule has 0 bridgehead atoms. The first-order chi connectivity index (χ1) is 16.7. The Balaban J connectivity index is 2.27. The minimum Gasteiger partial charge on any atom is -0.383 e. The van der Waals surface area contributed by atoms with Gasteiger partial charge in [0.25, 0.3) is 0 Å². The van der Waals surface area contributed by atoms with Crippen molar-refractivity contribution >= 4 is 5.91 Å². The van der Waals surface area contributed by atoms with Crippen molar-refractivity contribution in [3.63, 3.8) is 0 Å². The molecule has 36 heavy (non-hydrogen) atoms. The topological polar surface area (TPSA) is 49.3 Å². The van der Waals surface area contributed by atoms with E-state index < -0.39 is 59.1 Å². The zero-order chi connectivity index (χ0) is 26.7. The number of aliphatic hydroxyl groups is 1. The van der Waals surface area contributed by atoms with E-state index in [4.69, 9.17) is 0 Å². The summed E-state index contributed by atoms with van der Waals surface area (Å²) in [4.78, 5) is 12.8. The van der Waals surface area contributed by atoms with E-state index in [1.54, 1.807) is 18.2 Å². The van der Waals surface area contributed by atoms with Gasteiger partial charge < -0.3 is 10.4 Å². The normalized spacial score (nSPS) is 14.7. The molecule has 0 saturated carbocycles. The van der Waals surface area contributed by atoms with Crippen molar-refractivity contribution in [2.45, 2.75) is 36.8 Å². The summed E-state index contributed by atoms with van der Waals surface area (Å²) in [5, 5.41) is 12.1. The lowest BCUT2D eigenvalue weighted by Gasteiger charge is -2.37. The van der Waals surface area contributed by atoms with Crippen LogP contribution in [0, 0.1) is 11.6 Å². The molecule has 0 unspecified atom stereocenters. The third-order valence-electron chi connectivity index (χ3n) is 5.43. The molecule has 192 valence electrons. The van der Waals surface area contributed by atoms with E-state index in [1.165, 1.54) is 12.1 Å². The van der Waals surface area contributed by atoms with E-state index in [9.17, 15) is 45.0 Å². The van der Waals surface area contributed by atoms with Crippen molar-refractivity contribution in [1.82, 2.24) is 5.32 Å². The fraction of sp³-hybridized carbons (Fsp3) is 0.240. The minimum absolute atomic E-state index is 0.0564. The monoisotopic (exact) mass is 517 g/mol. The summed E-state index contributed by atoms with van der Waals surface area (Å²) in [7, 11) is 0. The fourth-order valence-electron chi connectivity index (χ4n) is 3.80. The largest absolute Gasteiger partial charge is 0.416 e. The molecule has 3 rings (SSSR count).